The van der Waals surface area contributed by atoms with Crippen LogP contribution in [0.5, 0.6) is 0 Å². The van der Waals surface area contributed by atoms with E-state index in [9.17, 15) is 18.0 Å². The zero-order chi connectivity index (χ0) is 29.6. The van der Waals surface area contributed by atoms with Crippen molar-refractivity contribution in [1.82, 2.24) is 10.2 Å². The second-order valence-corrected chi connectivity index (χ2v) is 13.2. The highest BCUT2D eigenvalue weighted by molar-refractivity contribution is 7.92. The Morgan fingerprint density at radius 3 is 2.27 bits per heavy atom. The van der Waals surface area contributed by atoms with Gasteiger partial charge in [-0.2, -0.15) is 0 Å². The summed E-state index contributed by atoms with van der Waals surface area (Å²) in [6, 6.07) is 18.3. The molecule has 0 heterocycles. The summed E-state index contributed by atoms with van der Waals surface area (Å²) in [4.78, 5) is 28.8. The molecule has 0 bridgehead atoms. The maximum Gasteiger partial charge on any atom is 0.264 e. The van der Waals surface area contributed by atoms with Crippen molar-refractivity contribution in [3.05, 3.63) is 93.4 Å². The van der Waals surface area contributed by atoms with Gasteiger partial charge in [0.2, 0.25) is 11.8 Å². The van der Waals surface area contributed by atoms with Gasteiger partial charge >= 0.3 is 0 Å². The highest BCUT2D eigenvalue weighted by Crippen LogP contribution is 2.28. The Hall–Kier alpha value is -2.78. The van der Waals surface area contributed by atoms with Gasteiger partial charge in [0.05, 0.1) is 20.6 Å². The van der Waals surface area contributed by atoms with Crippen molar-refractivity contribution in [1.29, 1.82) is 0 Å². The van der Waals surface area contributed by atoms with Crippen LogP contribution in [-0.4, -0.2) is 43.8 Å². The quantitative estimate of drug-likeness (QED) is 0.268. The Morgan fingerprint density at radius 1 is 0.902 bits per heavy atom. The molecule has 0 aromatic heterocycles. The molecule has 3 aromatic carbocycles. The van der Waals surface area contributed by atoms with Gasteiger partial charge in [0.25, 0.3) is 10.0 Å². The maximum absolute atomic E-state index is 14.0. The molecule has 1 aliphatic rings. The van der Waals surface area contributed by atoms with E-state index in [0.29, 0.717) is 20.6 Å². The molecule has 1 saturated carbocycles. The Morgan fingerprint density at radius 2 is 1.61 bits per heavy atom. The van der Waals surface area contributed by atoms with E-state index >= 15 is 0 Å². The van der Waals surface area contributed by atoms with Crippen LogP contribution in [0.25, 0.3) is 0 Å². The molecular weight excluding hydrogens is 605 g/mol. The first-order valence-electron chi connectivity index (χ1n) is 13.4. The first kappa shape index (κ1) is 31.2. The Balaban J connectivity index is 1.68. The van der Waals surface area contributed by atoms with Gasteiger partial charge in [-0.3, -0.25) is 13.9 Å². The van der Waals surface area contributed by atoms with Crippen LogP contribution >= 0.6 is 34.8 Å². The van der Waals surface area contributed by atoms with Gasteiger partial charge in [0.1, 0.15) is 12.6 Å². The van der Waals surface area contributed by atoms with Crippen molar-refractivity contribution in [2.75, 3.05) is 10.8 Å². The standard InChI is InChI=1S/C30H32Cl3N3O4S/c1-21(30(38)34-24-10-4-2-5-11-24)35(19-22-15-16-27(32)28(33)17-22)29(37)20-36(25-12-8-9-23(31)18-25)41(39,40)26-13-6-3-7-14-26/h3,6-9,12-18,21,24H,2,4-5,10-11,19-20H2,1H3,(H,34,38)/t21-/m1/s1. The summed E-state index contributed by atoms with van der Waals surface area (Å²) in [5, 5.41) is 4.06. The predicted molar refractivity (Wildman–Crippen MR) is 164 cm³/mol. The summed E-state index contributed by atoms with van der Waals surface area (Å²) in [6.45, 7) is 1.10. The van der Waals surface area contributed by atoms with Crippen molar-refractivity contribution in [3.8, 4) is 0 Å². The molecule has 218 valence electrons. The highest BCUT2D eigenvalue weighted by Gasteiger charge is 2.33. The average Bonchev–Trinajstić information content (AvgIpc) is 2.96. The topological polar surface area (TPSA) is 86.8 Å². The van der Waals surface area contributed by atoms with E-state index in [1.807, 2.05) is 0 Å². The fourth-order valence-electron chi connectivity index (χ4n) is 4.87. The lowest BCUT2D eigenvalue weighted by Gasteiger charge is -2.33. The fraction of sp³-hybridized carbons (Fsp3) is 0.333. The van der Waals surface area contributed by atoms with E-state index in [1.54, 1.807) is 61.5 Å². The molecule has 0 unspecified atom stereocenters. The number of carbonyl (C=O) groups excluding carboxylic acids is 2. The molecule has 41 heavy (non-hydrogen) atoms. The number of carbonyl (C=O) groups is 2. The number of nitrogens with zero attached hydrogens (tertiary/aromatic N) is 2. The van der Waals surface area contributed by atoms with Crippen LogP contribution in [0.4, 0.5) is 5.69 Å². The first-order chi connectivity index (χ1) is 19.6. The third-order valence-corrected chi connectivity index (χ3v) is 9.92. The first-order valence-corrected chi connectivity index (χ1v) is 16.0. The average molecular weight is 637 g/mol. The summed E-state index contributed by atoms with van der Waals surface area (Å²) >= 11 is 18.5. The molecule has 7 nitrogen and oxygen atoms in total. The molecule has 4 rings (SSSR count). The number of halogens is 3. The number of benzene rings is 3. The van der Waals surface area contributed by atoms with E-state index in [4.69, 9.17) is 34.8 Å². The van der Waals surface area contributed by atoms with Gasteiger partial charge in [-0.1, -0.05) is 84.4 Å². The summed E-state index contributed by atoms with van der Waals surface area (Å²) < 4.78 is 28.6. The zero-order valence-electron chi connectivity index (χ0n) is 22.6. The minimum absolute atomic E-state index is 0.0176. The van der Waals surface area contributed by atoms with Crippen LogP contribution in [-0.2, 0) is 26.2 Å². The van der Waals surface area contributed by atoms with Gasteiger partial charge in [-0.25, -0.2) is 8.42 Å². The smallest absolute Gasteiger partial charge is 0.264 e. The number of anilines is 1. The molecular formula is C30H32Cl3N3O4S. The van der Waals surface area contributed by atoms with Gasteiger partial charge in [0, 0.05) is 17.6 Å². The lowest BCUT2D eigenvalue weighted by Crippen LogP contribution is -2.53. The van der Waals surface area contributed by atoms with Crippen LogP contribution < -0.4 is 9.62 Å². The normalized spacial score (nSPS) is 14.7. The molecule has 1 aliphatic carbocycles. The molecule has 1 N–H and O–H groups in total. The Labute approximate surface area is 256 Å². The molecule has 11 heteroatoms. The number of hydrogen-bond acceptors (Lipinski definition) is 4. The Bertz CT molecular complexity index is 1480. The zero-order valence-corrected chi connectivity index (χ0v) is 25.7. The number of hydrogen-bond donors (Lipinski definition) is 1. The molecule has 1 fully saturated rings. The molecule has 0 spiro atoms. The second-order valence-electron chi connectivity index (χ2n) is 10.1. The van der Waals surface area contributed by atoms with Gasteiger partial charge < -0.3 is 10.2 Å². The summed E-state index contributed by atoms with van der Waals surface area (Å²) in [6.07, 6.45) is 4.99. The minimum atomic E-state index is -4.17. The van der Waals surface area contributed by atoms with E-state index in [2.05, 4.69) is 5.32 Å². The summed E-state index contributed by atoms with van der Waals surface area (Å²) in [5.74, 6) is -0.868. The predicted octanol–water partition coefficient (Wildman–Crippen LogP) is 6.71. The summed E-state index contributed by atoms with van der Waals surface area (Å²) in [5.41, 5.74) is 0.869. The highest BCUT2D eigenvalue weighted by atomic mass is 35.5. The van der Waals surface area contributed by atoms with Crippen molar-refractivity contribution in [2.24, 2.45) is 0 Å². The SMILES string of the molecule is C[C@H](C(=O)NC1CCCCC1)N(Cc1ccc(Cl)c(Cl)c1)C(=O)CN(c1cccc(Cl)c1)S(=O)(=O)c1ccccc1. The third kappa shape index (κ3) is 7.95. The van der Waals surface area contributed by atoms with Gasteiger partial charge in [-0.05, 0) is 67.8 Å². The second kappa shape index (κ2) is 13.9. The lowest BCUT2D eigenvalue weighted by atomic mass is 9.95. The van der Waals surface area contributed by atoms with E-state index in [-0.39, 0.29) is 29.1 Å². The van der Waals surface area contributed by atoms with Crippen molar-refractivity contribution in [3.63, 3.8) is 0 Å². The number of sulfonamides is 1. The van der Waals surface area contributed by atoms with Crippen LogP contribution in [0.3, 0.4) is 0 Å². The van der Waals surface area contributed by atoms with Crippen LogP contribution in [0.15, 0.2) is 77.7 Å². The summed E-state index contributed by atoms with van der Waals surface area (Å²) in [7, 11) is -4.17. The lowest BCUT2D eigenvalue weighted by molar-refractivity contribution is -0.139. The van der Waals surface area contributed by atoms with Gasteiger partial charge in [-0.15, -0.1) is 0 Å². The molecule has 2 amide bonds. The largest absolute Gasteiger partial charge is 0.352 e. The van der Waals surface area contributed by atoms with Crippen molar-refractivity contribution < 1.29 is 18.0 Å². The van der Waals surface area contributed by atoms with E-state index in [0.717, 1.165) is 36.4 Å². The van der Waals surface area contributed by atoms with Crippen molar-refractivity contribution in [2.45, 2.75) is 62.6 Å². The number of rotatable bonds is 10. The molecule has 0 radical (unpaired) electrons. The van der Waals surface area contributed by atoms with Gasteiger partial charge in [0.15, 0.2) is 0 Å². The fourth-order valence-corrected chi connectivity index (χ4v) is 6.80. The molecule has 0 saturated heterocycles. The molecule has 3 aromatic rings. The number of nitrogens with one attached hydrogen (secondary N) is 1. The Kier molecular flexibility index (Phi) is 10.6. The molecule has 1 atom stereocenters. The van der Waals surface area contributed by atoms with E-state index < -0.39 is 28.5 Å². The monoisotopic (exact) mass is 635 g/mol. The van der Waals surface area contributed by atoms with E-state index in [1.165, 1.54) is 23.1 Å². The third-order valence-electron chi connectivity index (χ3n) is 7.16. The van der Waals surface area contributed by atoms with Crippen LogP contribution in [0.2, 0.25) is 15.1 Å². The van der Waals surface area contributed by atoms with Crippen molar-refractivity contribution >= 4 is 62.3 Å². The maximum atomic E-state index is 14.0. The van der Waals surface area contributed by atoms with Crippen LogP contribution in [0, 0.1) is 0 Å². The van der Waals surface area contributed by atoms with Crippen LogP contribution in [0.1, 0.15) is 44.6 Å². The minimum Gasteiger partial charge on any atom is -0.352 e. The molecule has 0 aliphatic heterocycles. The number of amides is 2.